The van der Waals surface area contributed by atoms with E-state index in [1.54, 1.807) is 0 Å². The quantitative estimate of drug-likeness (QED) is 0.826. The van der Waals surface area contributed by atoms with Gasteiger partial charge < -0.3 is 10.6 Å². The van der Waals surface area contributed by atoms with Gasteiger partial charge in [0.05, 0.1) is 0 Å². The van der Waals surface area contributed by atoms with Gasteiger partial charge in [-0.05, 0) is 81.8 Å². The molecule has 4 heteroatoms. The van der Waals surface area contributed by atoms with Crippen molar-refractivity contribution in [1.82, 2.24) is 10.2 Å². The monoisotopic (exact) mass is 329 g/mol. The summed E-state index contributed by atoms with van der Waals surface area (Å²) in [5.74, 6) is 0. The van der Waals surface area contributed by atoms with Crippen LogP contribution in [0.3, 0.4) is 0 Å². The van der Waals surface area contributed by atoms with Gasteiger partial charge in [0.1, 0.15) is 0 Å². The molecule has 0 spiro atoms. The molecule has 2 bridgehead atoms. The molecule has 2 heterocycles. The minimum absolute atomic E-state index is 0.535. The van der Waals surface area contributed by atoms with Gasteiger partial charge in [-0.15, -0.1) is 0 Å². The van der Waals surface area contributed by atoms with Crippen LogP contribution >= 0.6 is 12.2 Å². The average molecular weight is 330 g/mol. The van der Waals surface area contributed by atoms with Crippen LogP contribution < -0.4 is 10.6 Å². The van der Waals surface area contributed by atoms with Crippen LogP contribution in [0.2, 0.25) is 0 Å². The predicted molar refractivity (Wildman–Crippen MR) is 100.0 cm³/mol. The lowest BCUT2D eigenvalue weighted by Crippen LogP contribution is -2.51. The first-order chi connectivity index (χ1) is 11.1. The molecule has 1 saturated carbocycles. The zero-order valence-electron chi connectivity index (χ0n) is 14.1. The lowest BCUT2D eigenvalue weighted by atomic mass is 9.97. The van der Waals surface area contributed by atoms with Crippen molar-refractivity contribution in [1.29, 1.82) is 0 Å². The van der Waals surface area contributed by atoms with Crippen molar-refractivity contribution < 1.29 is 0 Å². The smallest absolute Gasteiger partial charge is 0.171 e. The first-order valence-electron chi connectivity index (χ1n) is 9.03. The Bertz CT molecular complexity index is 597. The van der Waals surface area contributed by atoms with Crippen LogP contribution in [0.15, 0.2) is 18.2 Å². The van der Waals surface area contributed by atoms with Gasteiger partial charge in [-0.3, -0.25) is 4.90 Å². The number of hydrogen-bond acceptors (Lipinski definition) is 2. The number of thiocarbonyl (C=S) groups is 1. The summed E-state index contributed by atoms with van der Waals surface area (Å²) in [5.41, 5.74) is 3.70. The summed E-state index contributed by atoms with van der Waals surface area (Å²) in [5, 5.41) is 7.77. The Hall–Kier alpha value is -1.13. The highest BCUT2D eigenvalue weighted by atomic mass is 32.1. The summed E-state index contributed by atoms with van der Waals surface area (Å²) in [6.07, 6.45) is 8.13. The highest BCUT2D eigenvalue weighted by Crippen LogP contribution is 2.43. The zero-order chi connectivity index (χ0) is 16.0. The molecular formula is C19H27N3S. The largest absolute Gasteiger partial charge is 0.360 e. The van der Waals surface area contributed by atoms with Gasteiger partial charge in [0.15, 0.2) is 5.11 Å². The molecular weight excluding hydrogens is 302 g/mol. The summed E-state index contributed by atoms with van der Waals surface area (Å²) in [6, 6.07) is 9.37. The molecule has 4 rings (SSSR count). The van der Waals surface area contributed by atoms with E-state index in [9.17, 15) is 0 Å². The van der Waals surface area contributed by atoms with Gasteiger partial charge in [-0.1, -0.05) is 12.1 Å². The first kappa shape index (κ1) is 15.4. The van der Waals surface area contributed by atoms with Gasteiger partial charge in [0, 0.05) is 29.9 Å². The van der Waals surface area contributed by atoms with E-state index in [-0.39, 0.29) is 0 Å². The fraction of sp³-hybridized carbons (Fsp3) is 0.632. The summed E-state index contributed by atoms with van der Waals surface area (Å²) < 4.78 is 0. The molecule has 2 aliphatic heterocycles. The van der Waals surface area contributed by atoms with Crippen LogP contribution in [0.4, 0.5) is 5.69 Å². The second kappa shape index (κ2) is 6.06. The van der Waals surface area contributed by atoms with E-state index in [0.29, 0.717) is 6.04 Å². The summed E-state index contributed by atoms with van der Waals surface area (Å²) in [4.78, 5) is 2.83. The van der Waals surface area contributed by atoms with Crippen LogP contribution in [0.5, 0.6) is 0 Å². The zero-order valence-corrected chi connectivity index (χ0v) is 15.0. The third kappa shape index (κ3) is 3.11. The lowest BCUT2D eigenvalue weighted by Gasteiger charge is -2.39. The molecule has 3 aliphatic rings. The van der Waals surface area contributed by atoms with E-state index in [0.717, 1.165) is 28.9 Å². The van der Waals surface area contributed by atoms with Gasteiger partial charge in [-0.25, -0.2) is 0 Å². The number of anilines is 1. The minimum Gasteiger partial charge on any atom is -0.360 e. The van der Waals surface area contributed by atoms with Gasteiger partial charge >= 0.3 is 0 Å². The fourth-order valence-electron chi connectivity index (χ4n) is 4.53. The Morgan fingerprint density at radius 1 is 1.04 bits per heavy atom. The molecule has 2 saturated heterocycles. The summed E-state index contributed by atoms with van der Waals surface area (Å²) >= 11 is 5.57. The second-order valence-corrected chi connectivity index (χ2v) is 7.99. The molecule has 124 valence electrons. The molecule has 1 aliphatic carbocycles. The normalized spacial score (nSPS) is 30.3. The maximum Gasteiger partial charge on any atom is 0.171 e. The van der Waals surface area contributed by atoms with Crippen LogP contribution in [-0.4, -0.2) is 34.2 Å². The highest BCUT2D eigenvalue weighted by Gasteiger charge is 2.46. The highest BCUT2D eigenvalue weighted by molar-refractivity contribution is 7.80. The maximum atomic E-state index is 5.57. The van der Waals surface area contributed by atoms with E-state index in [1.165, 1.54) is 49.7 Å². The Labute approximate surface area is 144 Å². The van der Waals surface area contributed by atoms with Crippen molar-refractivity contribution in [3.63, 3.8) is 0 Å². The molecule has 2 atom stereocenters. The van der Waals surface area contributed by atoms with Crippen molar-refractivity contribution in [2.45, 2.75) is 76.5 Å². The number of aryl methyl sites for hydroxylation is 1. The average Bonchev–Trinajstić information content (AvgIpc) is 3.31. The molecule has 0 aromatic heterocycles. The van der Waals surface area contributed by atoms with Crippen molar-refractivity contribution in [3.8, 4) is 0 Å². The number of piperidine rings is 1. The number of nitrogens with zero attached hydrogens (tertiary/aromatic N) is 1. The maximum absolute atomic E-state index is 5.57. The Balaban J connectivity index is 1.36. The molecule has 0 radical (unpaired) electrons. The molecule has 1 aromatic carbocycles. The van der Waals surface area contributed by atoms with Crippen LogP contribution in [0.25, 0.3) is 0 Å². The molecule has 23 heavy (non-hydrogen) atoms. The van der Waals surface area contributed by atoms with E-state index >= 15 is 0 Å². The third-order valence-electron chi connectivity index (χ3n) is 5.95. The molecule has 3 fully saturated rings. The number of nitrogens with one attached hydrogen (secondary N) is 2. The molecule has 1 aromatic rings. The lowest BCUT2D eigenvalue weighted by molar-refractivity contribution is 0.114. The van der Waals surface area contributed by atoms with Gasteiger partial charge in [0.25, 0.3) is 0 Å². The van der Waals surface area contributed by atoms with Crippen molar-refractivity contribution in [2.75, 3.05) is 5.32 Å². The summed E-state index contributed by atoms with van der Waals surface area (Å²) in [7, 11) is 0. The van der Waals surface area contributed by atoms with Crippen molar-refractivity contribution >= 4 is 23.0 Å². The topological polar surface area (TPSA) is 27.3 Å². The standard InChI is InChI=1S/C19H27N3S/c1-12-4-3-5-18(13(12)2)21-19(23)20-14-10-16-8-9-17(11-14)22(16)15-6-7-15/h3-5,14-17H,6-11H2,1-2H3,(H2,20,21,23). The van der Waals surface area contributed by atoms with Crippen LogP contribution in [0.1, 0.15) is 49.7 Å². The molecule has 2 N–H and O–H groups in total. The van der Waals surface area contributed by atoms with Gasteiger partial charge in [-0.2, -0.15) is 0 Å². The summed E-state index contributed by atoms with van der Waals surface area (Å²) in [6.45, 7) is 4.29. The Kier molecular flexibility index (Phi) is 4.06. The van der Waals surface area contributed by atoms with E-state index in [1.807, 2.05) is 0 Å². The van der Waals surface area contributed by atoms with E-state index < -0.39 is 0 Å². The number of benzene rings is 1. The second-order valence-electron chi connectivity index (χ2n) is 7.58. The Morgan fingerprint density at radius 3 is 2.35 bits per heavy atom. The van der Waals surface area contributed by atoms with E-state index in [2.05, 4.69) is 47.6 Å². The Morgan fingerprint density at radius 2 is 1.70 bits per heavy atom. The van der Waals surface area contributed by atoms with Crippen molar-refractivity contribution in [3.05, 3.63) is 29.3 Å². The number of fused-ring (bicyclic) bond motifs is 2. The molecule has 3 nitrogen and oxygen atoms in total. The number of hydrogen-bond donors (Lipinski definition) is 2. The first-order valence-corrected chi connectivity index (χ1v) is 9.44. The fourth-order valence-corrected chi connectivity index (χ4v) is 4.81. The third-order valence-corrected chi connectivity index (χ3v) is 6.17. The van der Waals surface area contributed by atoms with Crippen LogP contribution in [-0.2, 0) is 0 Å². The SMILES string of the molecule is Cc1cccc(NC(=S)NC2CC3CCC(C2)N3C2CC2)c1C. The van der Waals surface area contributed by atoms with Crippen LogP contribution in [0, 0.1) is 13.8 Å². The molecule has 0 amide bonds. The number of rotatable bonds is 3. The van der Waals surface area contributed by atoms with Crippen molar-refractivity contribution in [2.24, 2.45) is 0 Å². The van der Waals surface area contributed by atoms with E-state index in [4.69, 9.17) is 12.2 Å². The van der Waals surface area contributed by atoms with Gasteiger partial charge in [0.2, 0.25) is 0 Å². The molecule has 2 unspecified atom stereocenters. The predicted octanol–water partition coefficient (Wildman–Crippen LogP) is 3.75. The minimum atomic E-state index is 0.535.